The van der Waals surface area contributed by atoms with Gasteiger partial charge in [0.05, 0.1) is 19.0 Å². The van der Waals surface area contributed by atoms with Crippen LogP contribution in [0.25, 0.3) is 0 Å². The third kappa shape index (κ3) is 9.12. The van der Waals surface area contributed by atoms with E-state index >= 15 is 0 Å². The molecule has 92 valence electrons. The fourth-order valence-electron chi connectivity index (χ4n) is 0.956. The van der Waals surface area contributed by atoms with Gasteiger partial charge in [-0.25, -0.2) is 4.79 Å². The largest absolute Gasteiger partial charge is 0.498 e. The molecule has 0 aliphatic rings. The summed E-state index contributed by atoms with van der Waals surface area (Å²) < 4.78 is 10.2. The van der Waals surface area contributed by atoms with Gasteiger partial charge in [0.15, 0.2) is 0 Å². The molecule has 0 aromatic heterocycles. The van der Waals surface area contributed by atoms with Crippen LogP contribution in [-0.2, 0) is 9.47 Å². The standard InChI is InChI=1S/C12H21NO3/c1-4-7-11(3)15-10-6-8-13-12(14)16-9-5-2/h4,7H,1,5-6,8-10H2,2-3H3,(H,13,14)/b11-7+. The highest BCUT2D eigenvalue weighted by atomic mass is 16.5. The Morgan fingerprint density at radius 1 is 1.38 bits per heavy atom. The van der Waals surface area contributed by atoms with Gasteiger partial charge in [-0.3, -0.25) is 0 Å². The molecule has 1 amide bonds. The summed E-state index contributed by atoms with van der Waals surface area (Å²) in [6.45, 7) is 8.98. The number of carbonyl (C=O) groups is 1. The van der Waals surface area contributed by atoms with Crippen LogP contribution in [-0.4, -0.2) is 25.9 Å². The molecular formula is C12H21NO3. The molecule has 4 nitrogen and oxygen atoms in total. The zero-order valence-electron chi connectivity index (χ0n) is 10.1. The molecule has 0 saturated carbocycles. The number of hydrogen-bond donors (Lipinski definition) is 1. The van der Waals surface area contributed by atoms with E-state index in [4.69, 9.17) is 9.47 Å². The van der Waals surface area contributed by atoms with E-state index in [-0.39, 0.29) is 6.09 Å². The fraction of sp³-hybridized carbons (Fsp3) is 0.583. The summed E-state index contributed by atoms with van der Waals surface area (Å²) in [6, 6.07) is 0. The summed E-state index contributed by atoms with van der Waals surface area (Å²) in [7, 11) is 0. The normalized spacial score (nSPS) is 10.8. The first-order valence-corrected chi connectivity index (χ1v) is 5.53. The Morgan fingerprint density at radius 2 is 2.12 bits per heavy atom. The van der Waals surface area contributed by atoms with E-state index in [0.717, 1.165) is 18.6 Å². The van der Waals surface area contributed by atoms with Crippen LogP contribution in [0.5, 0.6) is 0 Å². The Labute approximate surface area is 97.3 Å². The third-order valence-corrected chi connectivity index (χ3v) is 1.71. The second-order valence-corrected chi connectivity index (χ2v) is 3.28. The van der Waals surface area contributed by atoms with Crippen LogP contribution >= 0.6 is 0 Å². The monoisotopic (exact) mass is 227 g/mol. The van der Waals surface area contributed by atoms with Crippen LogP contribution in [0.4, 0.5) is 4.79 Å². The highest BCUT2D eigenvalue weighted by molar-refractivity contribution is 5.66. The van der Waals surface area contributed by atoms with Crippen molar-refractivity contribution in [1.29, 1.82) is 0 Å². The molecule has 0 aliphatic carbocycles. The lowest BCUT2D eigenvalue weighted by atomic mass is 10.4. The first-order chi connectivity index (χ1) is 7.70. The van der Waals surface area contributed by atoms with E-state index in [1.54, 1.807) is 12.2 Å². The molecule has 1 N–H and O–H groups in total. The predicted molar refractivity (Wildman–Crippen MR) is 64.2 cm³/mol. The van der Waals surface area contributed by atoms with Crippen molar-refractivity contribution in [1.82, 2.24) is 5.32 Å². The van der Waals surface area contributed by atoms with Crippen molar-refractivity contribution < 1.29 is 14.3 Å². The first kappa shape index (κ1) is 14.6. The van der Waals surface area contributed by atoms with Crippen molar-refractivity contribution in [3.8, 4) is 0 Å². The van der Waals surface area contributed by atoms with Crippen molar-refractivity contribution in [3.05, 3.63) is 24.5 Å². The van der Waals surface area contributed by atoms with Crippen LogP contribution in [0.3, 0.4) is 0 Å². The number of carbonyl (C=O) groups excluding carboxylic acids is 1. The van der Waals surface area contributed by atoms with Crippen LogP contribution in [0.1, 0.15) is 26.7 Å². The van der Waals surface area contributed by atoms with Crippen LogP contribution in [0.15, 0.2) is 24.5 Å². The molecule has 4 heteroatoms. The molecule has 0 aromatic rings. The highest BCUT2D eigenvalue weighted by Crippen LogP contribution is 1.96. The lowest BCUT2D eigenvalue weighted by Gasteiger charge is -2.07. The number of amides is 1. The first-order valence-electron chi connectivity index (χ1n) is 5.53. The lowest BCUT2D eigenvalue weighted by Crippen LogP contribution is -2.26. The van der Waals surface area contributed by atoms with Crippen molar-refractivity contribution in [2.24, 2.45) is 0 Å². The Bertz CT molecular complexity index is 236. The molecule has 0 radical (unpaired) electrons. The van der Waals surface area contributed by atoms with Gasteiger partial charge >= 0.3 is 6.09 Å². The second-order valence-electron chi connectivity index (χ2n) is 3.28. The Balaban J connectivity index is 3.36. The summed E-state index contributed by atoms with van der Waals surface area (Å²) in [5.41, 5.74) is 0. The third-order valence-electron chi connectivity index (χ3n) is 1.71. The van der Waals surface area contributed by atoms with Gasteiger partial charge in [-0.1, -0.05) is 19.6 Å². The molecule has 0 heterocycles. The summed E-state index contributed by atoms with van der Waals surface area (Å²) in [6.07, 6.45) is 4.70. The van der Waals surface area contributed by atoms with Gasteiger partial charge in [0.25, 0.3) is 0 Å². The van der Waals surface area contributed by atoms with Crippen LogP contribution in [0.2, 0.25) is 0 Å². The summed E-state index contributed by atoms with van der Waals surface area (Å²) in [5, 5.41) is 2.64. The maximum atomic E-state index is 11.0. The number of rotatable bonds is 8. The molecule has 0 spiro atoms. The minimum absolute atomic E-state index is 0.361. The van der Waals surface area contributed by atoms with E-state index in [9.17, 15) is 4.79 Å². The minimum Gasteiger partial charge on any atom is -0.498 e. The van der Waals surface area contributed by atoms with Crippen molar-refractivity contribution in [2.45, 2.75) is 26.7 Å². The topological polar surface area (TPSA) is 47.6 Å². The molecule has 0 unspecified atom stereocenters. The SMILES string of the molecule is C=C/C=C(\C)OCCCNC(=O)OCCC. The number of nitrogens with one attached hydrogen (secondary N) is 1. The second kappa shape index (κ2) is 10.1. The van der Waals surface area contributed by atoms with E-state index in [1.165, 1.54) is 0 Å². The van der Waals surface area contributed by atoms with Gasteiger partial charge in [0, 0.05) is 6.54 Å². The van der Waals surface area contributed by atoms with Gasteiger partial charge in [-0.15, -0.1) is 0 Å². The van der Waals surface area contributed by atoms with Gasteiger partial charge in [0.1, 0.15) is 0 Å². The van der Waals surface area contributed by atoms with E-state index in [1.807, 2.05) is 13.8 Å². The summed E-state index contributed by atoms with van der Waals surface area (Å²) in [5.74, 6) is 0.823. The van der Waals surface area contributed by atoms with Crippen molar-refractivity contribution in [3.63, 3.8) is 0 Å². The molecule has 16 heavy (non-hydrogen) atoms. The van der Waals surface area contributed by atoms with Crippen molar-refractivity contribution in [2.75, 3.05) is 19.8 Å². The number of ether oxygens (including phenoxy) is 2. The van der Waals surface area contributed by atoms with E-state index in [2.05, 4.69) is 11.9 Å². The Kier molecular flexibility index (Phi) is 9.17. The van der Waals surface area contributed by atoms with Gasteiger partial charge in [-0.2, -0.15) is 0 Å². The van der Waals surface area contributed by atoms with Crippen LogP contribution < -0.4 is 5.32 Å². The Morgan fingerprint density at radius 3 is 2.75 bits per heavy atom. The van der Waals surface area contributed by atoms with E-state index in [0.29, 0.717) is 19.8 Å². The average molecular weight is 227 g/mol. The number of alkyl carbamates (subject to hydrolysis) is 1. The van der Waals surface area contributed by atoms with Gasteiger partial charge in [0.2, 0.25) is 0 Å². The molecule has 0 rings (SSSR count). The molecule has 0 atom stereocenters. The maximum absolute atomic E-state index is 11.0. The average Bonchev–Trinajstić information content (AvgIpc) is 2.26. The highest BCUT2D eigenvalue weighted by Gasteiger charge is 1.99. The predicted octanol–water partition coefficient (Wildman–Crippen LogP) is 2.62. The lowest BCUT2D eigenvalue weighted by molar-refractivity contribution is 0.144. The molecule has 0 aliphatic heterocycles. The molecular weight excluding hydrogens is 206 g/mol. The van der Waals surface area contributed by atoms with Crippen molar-refractivity contribution >= 4 is 6.09 Å². The summed E-state index contributed by atoms with van der Waals surface area (Å²) in [4.78, 5) is 11.0. The molecule has 0 saturated heterocycles. The smallest absolute Gasteiger partial charge is 0.407 e. The molecule has 0 bridgehead atoms. The summed E-state index contributed by atoms with van der Waals surface area (Å²) >= 11 is 0. The van der Waals surface area contributed by atoms with Gasteiger partial charge in [-0.05, 0) is 25.8 Å². The number of hydrogen-bond acceptors (Lipinski definition) is 3. The zero-order valence-corrected chi connectivity index (χ0v) is 10.1. The molecule has 0 aromatic carbocycles. The fourth-order valence-corrected chi connectivity index (χ4v) is 0.956. The zero-order chi connectivity index (χ0) is 12.2. The maximum Gasteiger partial charge on any atom is 0.407 e. The number of allylic oxidation sites excluding steroid dienone is 3. The van der Waals surface area contributed by atoms with Crippen LogP contribution in [0, 0.1) is 0 Å². The Hall–Kier alpha value is -1.45. The quantitative estimate of drug-likeness (QED) is 0.394. The van der Waals surface area contributed by atoms with E-state index < -0.39 is 0 Å². The minimum atomic E-state index is -0.361. The molecule has 0 fully saturated rings. The van der Waals surface area contributed by atoms with Gasteiger partial charge < -0.3 is 14.8 Å².